The number of hydroxylamine groups is 2. The number of amides is 2. The van der Waals surface area contributed by atoms with E-state index in [1.54, 1.807) is 30.3 Å². The number of hydrogen-bond donors (Lipinski definition) is 2. The first-order valence-electron chi connectivity index (χ1n) is 14.9. The van der Waals surface area contributed by atoms with E-state index in [1.165, 1.54) is 6.08 Å². The lowest BCUT2D eigenvalue weighted by atomic mass is 9.44. The van der Waals surface area contributed by atoms with Crippen LogP contribution in [0.1, 0.15) is 41.0 Å². The van der Waals surface area contributed by atoms with Crippen molar-refractivity contribution in [3.63, 3.8) is 0 Å². The van der Waals surface area contributed by atoms with Gasteiger partial charge in [-0.1, -0.05) is 96.6 Å². The molecule has 3 aliphatic carbocycles. The number of benzene rings is 3. The Morgan fingerprint density at radius 1 is 0.886 bits per heavy atom. The standard InChI is InChI=1S/C37H31NO6/c1-2-10-22-13-9-16-26(33(22)40)32-24-17-18-25-31(36(43)38(44)35(25)42)28(24)19-29-34(41)27(21-11-5-3-6-12-21)20-30(39)37(29,32)23-14-7-4-8-15-23/h2-9,11-17,20,25,28-29,31-32,40,44H,1,10,18-19H2. The quantitative estimate of drug-likeness (QED) is 0.238. The van der Waals surface area contributed by atoms with Gasteiger partial charge in [-0.05, 0) is 47.9 Å². The maximum absolute atomic E-state index is 14.9. The summed E-state index contributed by atoms with van der Waals surface area (Å²) in [6.07, 6.45) is 5.75. The van der Waals surface area contributed by atoms with E-state index < -0.39 is 46.8 Å². The van der Waals surface area contributed by atoms with E-state index in [0.29, 0.717) is 34.2 Å². The highest BCUT2D eigenvalue weighted by molar-refractivity contribution is 6.31. The Labute approximate surface area is 254 Å². The Bertz CT molecular complexity index is 1790. The van der Waals surface area contributed by atoms with Crippen molar-refractivity contribution in [1.82, 2.24) is 5.06 Å². The van der Waals surface area contributed by atoms with Gasteiger partial charge in [0, 0.05) is 23.0 Å². The van der Waals surface area contributed by atoms with Crippen molar-refractivity contribution >= 4 is 29.0 Å². The molecule has 1 saturated carbocycles. The van der Waals surface area contributed by atoms with Crippen molar-refractivity contribution in [1.29, 1.82) is 0 Å². The van der Waals surface area contributed by atoms with E-state index in [2.05, 4.69) is 6.58 Å². The average molecular weight is 586 g/mol. The van der Waals surface area contributed by atoms with Crippen molar-refractivity contribution in [2.45, 2.75) is 30.6 Å². The number of ketones is 2. The van der Waals surface area contributed by atoms with Gasteiger partial charge in [-0.25, -0.2) is 0 Å². The first-order chi connectivity index (χ1) is 21.3. The van der Waals surface area contributed by atoms with E-state index in [4.69, 9.17) is 0 Å². The molecule has 2 fully saturated rings. The van der Waals surface area contributed by atoms with Gasteiger partial charge in [0.15, 0.2) is 11.6 Å². The van der Waals surface area contributed by atoms with Crippen LogP contribution in [0.5, 0.6) is 5.75 Å². The molecule has 220 valence electrons. The van der Waals surface area contributed by atoms with Crippen molar-refractivity contribution in [2.24, 2.45) is 23.7 Å². The minimum Gasteiger partial charge on any atom is -0.507 e. The van der Waals surface area contributed by atoms with Crippen LogP contribution in [0.15, 0.2) is 109 Å². The number of rotatable bonds is 5. The molecule has 3 aromatic rings. The van der Waals surface area contributed by atoms with Crippen LogP contribution in [0.3, 0.4) is 0 Å². The second-order valence-corrected chi connectivity index (χ2v) is 12.1. The highest BCUT2D eigenvalue weighted by Gasteiger charge is 2.66. The molecule has 0 radical (unpaired) electrons. The number of fused-ring (bicyclic) bond motifs is 4. The van der Waals surface area contributed by atoms with Crippen LogP contribution in [-0.4, -0.2) is 38.8 Å². The number of phenolic OH excluding ortho intramolecular Hbond substituents is 1. The molecule has 44 heavy (non-hydrogen) atoms. The van der Waals surface area contributed by atoms with Gasteiger partial charge in [-0.2, -0.15) is 5.06 Å². The summed E-state index contributed by atoms with van der Waals surface area (Å²) in [5.41, 5.74) is 1.96. The van der Waals surface area contributed by atoms with E-state index in [0.717, 1.165) is 5.57 Å². The van der Waals surface area contributed by atoms with E-state index in [9.17, 15) is 29.5 Å². The second-order valence-electron chi connectivity index (χ2n) is 12.1. The predicted molar refractivity (Wildman–Crippen MR) is 162 cm³/mol. The maximum atomic E-state index is 14.9. The van der Waals surface area contributed by atoms with Gasteiger partial charge in [-0.15, -0.1) is 6.58 Å². The SMILES string of the molecule is C=CCc1cccc(C2C3=CCC4C(=O)N(O)C(=O)C4C3CC3C(=O)C(c4ccccc4)=CC(=O)C32c2ccccc2)c1O. The molecule has 7 nitrogen and oxygen atoms in total. The molecule has 3 aromatic carbocycles. The Balaban J connectivity index is 1.54. The summed E-state index contributed by atoms with van der Waals surface area (Å²) in [5.74, 6) is -5.81. The van der Waals surface area contributed by atoms with Gasteiger partial charge in [0.05, 0.1) is 17.3 Å². The molecule has 0 spiro atoms. The summed E-state index contributed by atoms with van der Waals surface area (Å²) in [6, 6.07) is 23.7. The third kappa shape index (κ3) is 3.78. The largest absolute Gasteiger partial charge is 0.507 e. The summed E-state index contributed by atoms with van der Waals surface area (Å²) in [7, 11) is 0. The van der Waals surface area contributed by atoms with Gasteiger partial charge < -0.3 is 5.11 Å². The molecule has 0 aromatic heterocycles. The van der Waals surface area contributed by atoms with Gasteiger partial charge >= 0.3 is 0 Å². The highest BCUT2D eigenvalue weighted by atomic mass is 16.5. The molecule has 2 amide bonds. The van der Waals surface area contributed by atoms with Crippen LogP contribution in [0, 0.1) is 23.7 Å². The number of allylic oxidation sites excluding steroid dienone is 5. The summed E-state index contributed by atoms with van der Waals surface area (Å²) in [4.78, 5) is 56.0. The molecular formula is C37H31NO6. The smallest absolute Gasteiger partial charge is 0.257 e. The number of nitrogens with zero attached hydrogens (tertiary/aromatic N) is 1. The normalized spacial score (nSPS) is 29.4. The fraction of sp³-hybridized carbons (Fsp3) is 0.243. The van der Waals surface area contributed by atoms with E-state index in [1.807, 2.05) is 60.7 Å². The van der Waals surface area contributed by atoms with Crippen molar-refractivity contribution in [3.05, 3.63) is 131 Å². The molecule has 1 heterocycles. The maximum Gasteiger partial charge on any atom is 0.257 e. The van der Waals surface area contributed by atoms with Crippen molar-refractivity contribution < 1.29 is 29.5 Å². The van der Waals surface area contributed by atoms with Gasteiger partial charge in [0.1, 0.15) is 5.75 Å². The van der Waals surface area contributed by atoms with Crippen LogP contribution in [0.2, 0.25) is 0 Å². The topological polar surface area (TPSA) is 112 Å². The number of para-hydroxylation sites is 1. The van der Waals surface area contributed by atoms with Gasteiger partial charge in [-0.3, -0.25) is 24.4 Å². The first kappa shape index (κ1) is 27.9. The lowest BCUT2D eigenvalue weighted by Crippen LogP contribution is -2.58. The molecule has 7 heteroatoms. The molecular weight excluding hydrogens is 554 g/mol. The Morgan fingerprint density at radius 2 is 1.59 bits per heavy atom. The summed E-state index contributed by atoms with van der Waals surface area (Å²) < 4.78 is 0. The molecule has 1 aliphatic heterocycles. The van der Waals surface area contributed by atoms with Crippen LogP contribution in [0.4, 0.5) is 0 Å². The summed E-state index contributed by atoms with van der Waals surface area (Å²) >= 11 is 0. The lowest BCUT2D eigenvalue weighted by Gasteiger charge is -2.55. The monoisotopic (exact) mass is 585 g/mol. The third-order valence-electron chi connectivity index (χ3n) is 10.2. The molecule has 6 unspecified atom stereocenters. The Morgan fingerprint density at radius 3 is 2.30 bits per heavy atom. The summed E-state index contributed by atoms with van der Waals surface area (Å²) in [5, 5.41) is 22.4. The minimum atomic E-state index is -1.43. The van der Waals surface area contributed by atoms with Crippen molar-refractivity contribution in [3.8, 4) is 5.75 Å². The molecule has 6 atom stereocenters. The average Bonchev–Trinajstić information content (AvgIpc) is 3.27. The lowest BCUT2D eigenvalue weighted by molar-refractivity contribution is -0.173. The zero-order valence-electron chi connectivity index (χ0n) is 23.9. The van der Waals surface area contributed by atoms with Crippen molar-refractivity contribution in [2.75, 3.05) is 0 Å². The first-order valence-corrected chi connectivity index (χ1v) is 14.9. The predicted octanol–water partition coefficient (Wildman–Crippen LogP) is 5.33. The number of carbonyl (C=O) groups excluding carboxylic acids is 4. The van der Waals surface area contributed by atoms with Crippen LogP contribution >= 0.6 is 0 Å². The fourth-order valence-electron chi connectivity index (χ4n) is 8.37. The number of carbonyl (C=O) groups is 4. The van der Waals surface area contributed by atoms with Gasteiger partial charge in [0.25, 0.3) is 11.8 Å². The fourth-order valence-corrected chi connectivity index (χ4v) is 8.37. The Hall–Kier alpha value is -4.88. The molecule has 1 saturated heterocycles. The molecule has 4 aliphatic rings. The zero-order chi connectivity index (χ0) is 30.7. The highest BCUT2D eigenvalue weighted by Crippen LogP contribution is 2.64. The number of hydrogen-bond acceptors (Lipinski definition) is 6. The van der Waals surface area contributed by atoms with E-state index in [-0.39, 0.29) is 35.2 Å². The zero-order valence-corrected chi connectivity index (χ0v) is 23.9. The third-order valence-corrected chi connectivity index (χ3v) is 10.2. The molecule has 7 rings (SSSR count). The number of imide groups is 1. The second kappa shape index (κ2) is 10.4. The number of Topliss-reactive ketones (excluding diaryl/α,β-unsaturated/α-hetero) is 1. The van der Waals surface area contributed by atoms with E-state index >= 15 is 0 Å². The van der Waals surface area contributed by atoms with Crippen LogP contribution < -0.4 is 0 Å². The number of phenols is 1. The van der Waals surface area contributed by atoms with Crippen LogP contribution in [-0.2, 0) is 31.0 Å². The molecule has 0 bridgehead atoms. The minimum absolute atomic E-state index is 0.00539. The van der Waals surface area contributed by atoms with Gasteiger partial charge in [0.2, 0.25) is 0 Å². The Kier molecular flexibility index (Phi) is 6.59. The number of aromatic hydroxyl groups is 1. The van der Waals surface area contributed by atoms with Crippen LogP contribution in [0.25, 0.3) is 5.57 Å². The summed E-state index contributed by atoms with van der Waals surface area (Å²) in [6.45, 7) is 3.82. The molecule has 2 N–H and O–H groups in total.